The molecule has 2 aromatic heterocycles. The molecule has 4 aromatic rings. The van der Waals surface area contributed by atoms with Gasteiger partial charge >= 0.3 is 0 Å². The molecular formula is C21H19FN4O2S. The lowest BCUT2D eigenvalue weighted by molar-refractivity contribution is 0.0950. The van der Waals surface area contributed by atoms with Gasteiger partial charge in [0, 0.05) is 23.9 Å². The zero-order valence-electron chi connectivity index (χ0n) is 15.8. The number of nitrogens with zero attached hydrogens (tertiary/aromatic N) is 3. The molecule has 0 aliphatic rings. The lowest BCUT2D eigenvalue weighted by Crippen LogP contribution is -2.26. The first-order valence-electron chi connectivity index (χ1n) is 9.25. The summed E-state index contributed by atoms with van der Waals surface area (Å²) in [6.07, 6.45) is 0.592. The largest absolute Gasteiger partial charge is 0.493 e. The molecule has 1 amide bonds. The molecule has 2 heterocycles. The molecule has 0 spiro atoms. The van der Waals surface area contributed by atoms with Gasteiger partial charge in [-0.1, -0.05) is 24.3 Å². The number of benzene rings is 2. The van der Waals surface area contributed by atoms with E-state index < -0.39 is 0 Å². The van der Waals surface area contributed by atoms with Crippen molar-refractivity contribution in [2.75, 3.05) is 13.2 Å². The fraction of sp³-hybridized carbons (Fsp3) is 0.190. The Morgan fingerprint density at radius 1 is 1.24 bits per heavy atom. The molecule has 0 aliphatic heterocycles. The first-order chi connectivity index (χ1) is 14.2. The molecule has 0 saturated carbocycles. The fourth-order valence-electron chi connectivity index (χ4n) is 2.98. The number of ether oxygens (including phenoxy) is 1. The Morgan fingerprint density at radius 3 is 2.93 bits per heavy atom. The average molecular weight is 410 g/mol. The molecule has 29 heavy (non-hydrogen) atoms. The minimum atomic E-state index is -0.323. The monoisotopic (exact) mass is 410 g/mol. The number of hydrogen-bond acceptors (Lipinski definition) is 5. The molecule has 0 fully saturated rings. The fourth-order valence-corrected chi connectivity index (χ4v) is 3.84. The Balaban J connectivity index is 1.45. The maximum Gasteiger partial charge on any atom is 0.255 e. The van der Waals surface area contributed by atoms with E-state index in [0.717, 1.165) is 10.7 Å². The van der Waals surface area contributed by atoms with Crippen LogP contribution in [0.1, 0.15) is 23.0 Å². The smallest absolute Gasteiger partial charge is 0.255 e. The van der Waals surface area contributed by atoms with Gasteiger partial charge in [0.05, 0.1) is 17.9 Å². The molecule has 4 rings (SSSR count). The number of aromatic nitrogens is 3. The number of carbonyl (C=O) groups is 1. The quantitative estimate of drug-likeness (QED) is 0.501. The molecule has 0 atom stereocenters. The van der Waals surface area contributed by atoms with E-state index in [4.69, 9.17) is 4.74 Å². The number of rotatable bonds is 7. The first-order valence-corrected chi connectivity index (χ1v) is 10.1. The van der Waals surface area contributed by atoms with Gasteiger partial charge in [-0.15, -0.1) is 16.4 Å². The standard InChI is InChI=1S/C21H19FN4O2S/c1-2-28-18-9-4-3-8-17(18)20(27)23-11-10-16-13-29-21-24-19(25-26(16)21)14-6-5-7-15(22)12-14/h3-9,12-13H,2,10-11H2,1H3,(H,23,27). The lowest BCUT2D eigenvalue weighted by atomic mass is 10.2. The summed E-state index contributed by atoms with van der Waals surface area (Å²) >= 11 is 1.46. The predicted octanol–water partition coefficient (Wildman–Crippen LogP) is 3.97. The van der Waals surface area contributed by atoms with Gasteiger partial charge in [-0.05, 0) is 31.2 Å². The number of thiazole rings is 1. The highest BCUT2D eigenvalue weighted by Crippen LogP contribution is 2.22. The normalized spacial score (nSPS) is 11.0. The summed E-state index contributed by atoms with van der Waals surface area (Å²) in [5.41, 5.74) is 2.07. The number of para-hydroxylation sites is 1. The van der Waals surface area contributed by atoms with E-state index in [1.807, 2.05) is 24.4 Å². The third-order valence-corrected chi connectivity index (χ3v) is 5.20. The van der Waals surface area contributed by atoms with Crippen molar-refractivity contribution < 1.29 is 13.9 Å². The summed E-state index contributed by atoms with van der Waals surface area (Å²) in [6, 6.07) is 13.4. The van der Waals surface area contributed by atoms with Gasteiger partial charge < -0.3 is 10.1 Å². The van der Waals surface area contributed by atoms with Crippen LogP contribution in [0.25, 0.3) is 16.3 Å². The number of nitrogens with one attached hydrogen (secondary N) is 1. The second-order valence-electron chi connectivity index (χ2n) is 6.30. The van der Waals surface area contributed by atoms with Crippen LogP contribution in [-0.2, 0) is 6.42 Å². The highest BCUT2D eigenvalue weighted by atomic mass is 32.1. The third kappa shape index (κ3) is 4.12. The Morgan fingerprint density at radius 2 is 2.10 bits per heavy atom. The van der Waals surface area contributed by atoms with Gasteiger partial charge in [0.25, 0.3) is 5.91 Å². The maximum atomic E-state index is 13.5. The van der Waals surface area contributed by atoms with Gasteiger partial charge in [0.2, 0.25) is 4.96 Å². The summed E-state index contributed by atoms with van der Waals surface area (Å²) in [4.78, 5) is 17.7. The van der Waals surface area contributed by atoms with Crippen molar-refractivity contribution in [3.63, 3.8) is 0 Å². The highest BCUT2D eigenvalue weighted by Gasteiger charge is 2.14. The van der Waals surface area contributed by atoms with Crippen LogP contribution in [0.5, 0.6) is 5.75 Å². The Hall–Kier alpha value is -3.26. The van der Waals surface area contributed by atoms with Gasteiger partial charge in [-0.3, -0.25) is 4.79 Å². The van der Waals surface area contributed by atoms with Crippen LogP contribution in [0.2, 0.25) is 0 Å². The van der Waals surface area contributed by atoms with E-state index in [1.165, 1.54) is 23.5 Å². The van der Waals surface area contributed by atoms with Crippen molar-refractivity contribution in [1.82, 2.24) is 19.9 Å². The summed E-state index contributed by atoms with van der Waals surface area (Å²) in [5.74, 6) is 0.546. The second-order valence-corrected chi connectivity index (χ2v) is 7.14. The van der Waals surface area contributed by atoms with Crippen LogP contribution in [0.4, 0.5) is 4.39 Å². The minimum Gasteiger partial charge on any atom is -0.493 e. The van der Waals surface area contributed by atoms with Crippen LogP contribution in [0.15, 0.2) is 53.9 Å². The molecule has 8 heteroatoms. The van der Waals surface area contributed by atoms with Gasteiger partial charge in [-0.25, -0.2) is 8.91 Å². The number of hydrogen-bond donors (Lipinski definition) is 1. The zero-order chi connectivity index (χ0) is 20.2. The third-order valence-electron chi connectivity index (χ3n) is 4.33. The molecule has 1 N–H and O–H groups in total. The summed E-state index contributed by atoms with van der Waals surface area (Å²) in [7, 11) is 0. The molecule has 0 unspecified atom stereocenters. The molecule has 6 nitrogen and oxygen atoms in total. The number of fused-ring (bicyclic) bond motifs is 1. The van der Waals surface area contributed by atoms with Gasteiger partial charge in [0.1, 0.15) is 11.6 Å². The maximum absolute atomic E-state index is 13.5. The Labute approximate surface area is 171 Å². The predicted molar refractivity (Wildman–Crippen MR) is 110 cm³/mol. The van der Waals surface area contributed by atoms with E-state index in [1.54, 1.807) is 28.8 Å². The molecule has 0 aliphatic carbocycles. The van der Waals surface area contributed by atoms with E-state index in [9.17, 15) is 9.18 Å². The zero-order valence-corrected chi connectivity index (χ0v) is 16.6. The van der Waals surface area contributed by atoms with E-state index >= 15 is 0 Å². The topological polar surface area (TPSA) is 68.5 Å². The Kier molecular flexibility index (Phi) is 5.53. The average Bonchev–Trinajstić information content (AvgIpc) is 3.30. The number of halogens is 1. The second kappa shape index (κ2) is 8.40. The first kappa shape index (κ1) is 19.1. The molecular weight excluding hydrogens is 391 g/mol. The van der Waals surface area contributed by atoms with Crippen molar-refractivity contribution in [1.29, 1.82) is 0 Å². The molecule has 2 aromatic carbocycles. The van der Waals surface area contributed by atoms with Crippen molar-refractivity contribution in [2.45, 2.75) is 13.3 Å². The van der Waals surface area contributed by atoms with E-state index in [-0.39, 0.29) is 11.7 Å². The van der Waals surface area contributed by atoms with Crippen LogP contribution in [0, 0.1) is 5.82 Å². The molecule has 0 radical (unpaired) electrons. The van der Waals surface area contributed by atoms with Crippen LogP contribution < -0.4 is 10.1 Å². The van der Waals surface area contributed by atoms with E-state index in [0.29, 0.717) is 42.3 Å². The lowest BCUT2D eigenvalue weighted by Gasteiger charge is -2.10. The van der Waals surface area contributed by atoms with Crippen LogP contribution in [0.3, 0.4) is 0 Å². The number of amides is 1. The molecule has 0 bridgehead atoms. The summed E-state index contributed by atoms with van der Waals surface area (Å²) < 4.78 is 20.7. The summed E-state index contributed by atoms with van der Waals surface area (Å²) in [5, 5.41) is 9.38. The van der Waals surface area contributed by atoms with Gasteiger partial charge in [0.15, 0.2) is 5.82 Å². The van der Waals surface area contributed by atoms with Crippen molar-refractivity contribution in [3.8, 4) is 17.1 Å². The van der Waals surface area contributed by atoms with Crippen LogP contribution in [-0.4, -0.2) is 33.7 Å². The van der Waals surface area contributed by atoms with Crippen LogP contribution >= 0.6 is 11.3 Å². The minimum absolute atomic E-state index is 0.181. The number of carbonyl (C=O) groups excluding carboxylic acids is 1. The Bertz CT molecular complexity index is 1150. The highest BCUT2D eigenvalue weighted by molar-refractivity contribution is 7.15. The SMILES string of the molecule is CCOc1ccccc1C(=O)NCCc1csc2nc(-c3cccc(F)c3)nn12. The molecule has 0 saturated heterocycles. The molecule has 148 valence electrons. The van der Waals surface area contributed by atoms with Gasteiger partial charge in [-0.2, -0.15) is 4.98 Å². The summed E-state index contributed by atoms with van der Waals surface area (Å²) in [6.45, 7) is 2.82. The van der Waals surface area contributed by atoms with Crippen molar-refractivity contribution in [2.24, 2.45) is 0 Å². The van der Waals surface area contributed by atoms with Crippen molar-refractivity contribution in [3.05, 3.63) is 71.0 Å². The van der Waals surface area contributed by atoms with E-state index in [2.05, 4.69) is 15.4 Å². The van der Waals surface area contributed by atoms with Crippen molar-refractivity contribution >= 4 is 22.2 Å².